The average Bonchev–Trinajstić information content (AvgIpc) is 3.01. The molecule has 0 atom stereocenters. The van der Waals surface area contributed by atoms with Gasteiger partial charge in [-0.05, 0) is 48.1 Å². The van der Waals surface area contributed by atoms with Gasteiger partial charge in [-0.3, -0.25) is 4.79 Å². The summed E-state index contributed by atoms with van der Waals surface area (Å²) in [4.78, 5) is 11.1. The number of hydrogen-bond acceptors (Lipinski definition) is 6. The predicted octanol–water partition coefficient (Wildman–Crippen LogP) is 4.08. The van der Waals surface area contributed by atoms with Crippen molar-refractivity contribution in [2.75, 3.05) is 7.11 Å². The van der Waals surface area contributed by atoms with E-state index in [1.54, 1.807) is 30.5 Å². The molecule has 0 amide bonds. The quantitative estimate of drug-likeness (QED) is 0.301. The molecule has 0 spiro atoms. The van der Waals surface area contributed by atoms with E-state index in [4.69, 9.17) is 33.3 Å². The van der Waals surface area contributed by atoms with Crippen molar-refractivity contribution in [1.82, 2.24) is 14.9 Å². The number of methoxy groups -OCH3 is 1. The summed E-state index contributed by atoms with van der Waals surface area (Å²) in [6.45, 7) is 1.33. The Bertz CT molecular complexity index is 1070. The highest BCUT2D eigenvalue weighted by molar-refractivity contribution is 7.71. The van der Waals surface area contributed by atoms with Gasteiger partial charge in [0, 0.05) is 12.5 Å². The van der Waals surface area contributed by atoms with Crippen molar-refractivity contribution in [3.8, 4) is 22.9 Å². The van der Waals surface area contributed by atoms with Crippen LogP contribution < -0.4 is 9.47 Å². The van der Waals surface area contributed by atoms with Crippen LogP contribution in [0.5, 0.6) is 11.5 Å². The minimum atomic E-state index is -0.427. The van der Waals surface area contributed by atoms with Crippen LogP contribution in [0.2, 0.25) is 5.02 Å². The first-order valence-corrected chi connectivity index (χ1v) is 8.61. The predicted molar refractivity (Wildman–Crippen MR) is 105 cm³/mol. The SMILES string of the molecule is COc1cc(C=Nn2c(-c3ccccc3Cl)n[nH]c2=S)ccc1OC(C)=O. The molecular weight excluding hydrogens is 388 g/mol. The number of carbonyl (C=O) groups is 1. The second-order valence-electron chi connectivity index (χ2n) is 5.39. The van der Waals surface area contributed by atoms with Crippen LogP contribution in [-0.2, 0) is 4.79 Å². The van der Waals surface area contributed by atoms with Gasteiger partial charge in [-0.2, -0.15) is 14.9 Å². The maximum Gasteiger partial charge on any atom is 0.308 e. The van der Waals surface area contributed by atoms with E-state index in [2.05, 4.69) is 15.3 Å². The van der Waals surface area contributed by atoms with Gasteiger partial charge in [0.1, 0.15) is 0 Å². The van der Waals surface area contributed by atoms with Crippen LogP contribution in [0.15, 0.2) is 47.6 Å². The Morgan fingerprint density at radius 1 is 1.30 bits per heavy atom. The Kier molecular flexibility index (Phi) is 5.68. The molecule has 1 heterocycles. The van der Waals surface area contributed by atoms with Gasteiger partial charge in [0.15, 0.2) is 17.3 Å². The minimum absolute atomic E-state index is 0.324. The average molecular weight is 403 g/mol. The topological polar surface area (TPSA) is 81.5 Å². The monoisotopic (exact) mass is 402 g/mol. The lowest BCUT2D eigenvalue weighted by atomic mass is 10.2. The van der Waals surface area contributed by atoms with Gasteiger partial charge >= 0.3 is 5.97 Å². The summed E-state index contributed by atoms with van der Waals surface area (Å²) < 4.78 is 12.1. The molecule has 9 heteroatoms. The lowest BCUT2D eigenvalue weighted by Gasteiger charge is -2.08. The van der Waals surface area contributed by atoms with Gasteiger partial charge < -0.3 is 9.47 Å². The fraction of sp³-hybridized carbons (Fsp3) is 0.111. The Balaban J connectivity index is 1.96. The number of aromatic amines is 1. The van der Waals surface area contributed by atoms with Crippen molar-refractivity contribution in [1.29, 1.82) is 0 Å². The van der Waals surface area contributed by atoms with Crippen LogP contribution in [-0.4, -0.2) is 34.2 Å². The zero-order chi connectivity index (χ0) is 19.4. The van der Waals surface area contributed by atoms with Crippen molar-refractivity contribution in [2.45, 2.75) is 6.92 Å². The molecule has 138 valence electrons. The summed E-state index contributed by atoms with van der Waals surface area (Å²) in [6.07, 6.45) is 1.59. The van der Waals surface area contributed by atoms with Crippen LogP contribution in [0.1, 0.15) is 12.5 Å². The zero-order valence-corrected chi connectivity index (χ0v) is 16.0. The van der Waals surface area contributed by atoms with Crippen molar-refractivity contribution >= 4 is 36.0 Å². The third kappa shape index (κ3) is 4.24. The molecule has 1 N–H and O–H groups in total. The van der Waals surface area contributed by atoms with Crippen molar-refractivity contribution in [2.24, 2.45) is 5.10 Å². The molecule has 0 fully saturated rings. The maximum atomic E-state index is 11.1. The third-order valence-corrected chi connectivity index (χ3v) is 4.12. The van der Waals surface area contributed by atoms with E-state index in [1.165, 1.54) is 18.7 Å². The van der Waals surface area contributed by atoms with E-state index in [-0.39, 0.29) is 0 Å². The van der Waals surface area contributed by atoms with Crippen LogP contribution in [0.4, 0.5) is 0 Å². The Labute approximate surface area is 165 Å². The number of carbonyl (C=O) groups excluding carboxylic acids is 1. The Morgan fingerprint density at radius 2 is 2.07 bits per heavy atom. The van der Waals surface area contributed by atoms with E-state index >= 15 is 0 Å². The number of halogens is 1. The standard InChI is InChI=1S/C18H15ClN4O3S/c1-11(24)26-15-8-7-12(9-16(15)25-2)10-20-23-17(21-22-18(23)27)13-5-3-4-6-14(13)19/h3-10H,1-2H3,(H,22,27). The molecule has 0 saturated carbocycles. The molecule has 3 rings (SSSR count). The van der Waals surface area contributed by atoms with Gasteiger partial charge in [-0.1, -0.05) is 23.7 Å². The normalized spacial score (nSPS) is 10.9. The van der Waals surface area contributed by atoms with E-state index in [0.717, 1.165) is 5.56 Å². The summed E-state index contributed by atoms with van der Waals surface area (Å²) in [5.74, 6) is 0.809. The highest BCUT2D eigenvalue weighted by Gasteiger charge is 2.12. The van der Waals surface area contributed by atoms with Crippen molar-refractivity contribution in [3.05, 3.63) is 57.8 Å². The van der Waals surface area contributed by atoms with Crippen LogP contribution in [0, 0.1) is 4.77 Å². The van der Waals surface area contributed by atoms with Crippen LogP contribution in [0.3, 0.4) is 0 Å². The number of H-pyrrole nitrogens is 1. The molecule has 2 aromatic carbocycles. The molecule has 3 aromatic rings. The summed E-state index contributed by atoms with van der Waals surface area (Å²) in [7, 11) is 1.49. The van der Waals surface area contributed by atoms with Crippen LogP contribution >= 0.6 is 23.8 Å². The van der Waals surface area contributed by atoms with Crippen molar-refractivity contribution < 1.29 is 14.3 Å². The maximum absolute atomic E-state index is 11.1. The fourth-order valence-electron chi connectivity index (χ4n) is 2.34. The highest BCUT2D eigenvalue weighted by Crippen LogP contribution is 2.28. The number of nitrogens with one attached hydrogen (secondary N) is 1. The number of esters is 1. The molecule has 27 heavy (non-hydrogen) atoms. The highest BCUT2D eigenvalue weighted by atomic mass is 35.5. The van der Waals surface area contributed by atoms with E-state index in [9.17, 15) is 4.79 Å². The molecule has 0 radical (unpaired) electrons. The van der Waals surface area contributed by atoms with Gasteiger partial charge in [0.25, 0.3) is 0 Å². The molecule has 1 aromatic heterocycles. The number of aromatic nitrogens is 3. The summed E-state index contributed by atoms with van der Waals surface area (Å²) in [5.41, 5.74) is 1.42. The first-order chi connectivity index (χ1) is 13.0. The summed E-state index contributed by atoms with van der Waals surface area (Å²) in [6, 6.07) is 12.3. The fourth-order valence-corrected chi connectivity index (χ4v) is 2.74. The summed E-state index contributed by atoms with van der Waals surface area (Å²) >= 11 is 11.5. The molecule has 0 bridgehead atoms. The first-order valence-electron chi connectivity index (χ1n) is 7.82. The second kappa shape index (κ2) is 8.15. The smallest absolute Gasteiger partial charge is 0.308 e. The number of nitrogens with zero attached hydrogens (tertiary/aromatic N) is 3. The largest absolute Gasteiger partial charge is 0.493 e. The van der Waals surface area contributed by atoms with E-state index < -0.39 is 5.97 Å². The van der Waals surface area contributed by atoms with Gasteiger partial charge in [0.2, 0.25) is 4.77 Å². The lowest BCUT2D eigenvalue weighted by Crippen LogP contribution is -2.03. The zero-order valence-electron chi connectivity index (χ0n) is 14.5. The molecule has 7 nitrogen and oxygen atoms in total. The molecule has 0 saturated heterocycles. The molecule has 0 aliphatic carbocycles. The Hall–Kier alpha value is -2.97. The van der Waals surface area contributed by atoms with Crippen molar-refractivity contribution in [3.63, 3.8) is 0 Å². The van der Waals surface area contributed by atoms with Gasteiger partial charge in [-0.25, -0.2) is 5.10 Å². The third-order valence-electron chi connectivity index (χ3n) is 3.53. The molecular formula is C18H15ClN4O3S. The van der Waals surface area contributed by atoms with Crippen LogP contribution in [0.25, 0.3) is 11.4 Å². The second-order valence-corrected chi connectivity index (χ2v) is 6.19. The lowest BCUT2D eigenvalue weighted by molar-refractivity contribution is -0.132. The van der Waals surface area contributed by atoms with E-state index in [1.807, 2.05) is 18.2 Å². The molecule has 0 aliphatic heterocycles. The first kappa shape index (κ1) is 18.8. The number of ether oxygens (including phenoxy) is 2. The van der Waals surface area contributed by atoms with E-state index in [0.29, 0.717) is 32.7 Å². The number of hydrogen-bond donors (Lipinski definition) is 1. The molecule has 0 unspecified atom stereocenters. The van der Waals surface area contributed by atoms with Gasteiger partial charge in [-0.15, -0.1) is 0 Å². The number of rotatable bonds is 5. The Morgan fingerprint density at radius 3 is 2.78 bits per heavy atom. The summed E-state index contributed by atoms with van der Waals surface area (Å²) in [5, 5.41) is 11.8. The number of benzene rings is 2. The minimum Gasteiger partial charge on any atom is -0.493 e. The van der Waals surface area contributed by atoms with Gasteiger partial charge in [0.05, 0.1) is 18.3 Å². The molecule has 0 aliphatic rings.